The average molecular weight is 380 g/mol. The second-order valence-electron chi connectivity index (χ2n) is 6.84. The van der Waals surface area contributed by atoms with Gasteiger partial charge in [-0.1, -0.05) is 42.0 Å². The number of fused-ring (bicyclic) bond motifs is 1. The van der Waals surface area contributed by atoms with Crippen LogP contribution in [0.1, 0.15) is 29.0 Å². The smallest absolute Gasteiger partial charge is 0.231 e. The van der Waals surface area contributed by atoms with E-state index in [2.05, 4.69) is 6.07 Å². The summed E-state index contributed by atoms with van der Waals surface area (Å²) in [5, 5.41) is 21.5. The molecule has 4 nitrogen and oxygen atoms in total. The van der Waals surface area contributed by atoms with Gasteiger partial charge >= 0.3 is 0 Å². The van der Waals surface area contributed by atoms with Crippen molar-refractivity contribution in [3.8, 4) is 6.07 Å². The van der Waals surface area contributed by atoms with Crippen LogP contribution in [0, 0.1) is 24.1 Å². The Labute approximate surface area is 160 Å². The lowest BCUT2D eigenvalue weighted by Gasteiger charge is -2.38. The van der Waals surface area contributed by atoms with Crippen molar-refractivity contribution >= 4 is 17.7 Å². The number of allylic oxidation sites excluding steroid dienone is 1. The maximum absolute atomic E-state index is 13.7. The van der Waals surface area contributed by atoms with E-state index in [9.17, 15) is 19.6 Å². The molecule has 6 heteroatoms. The number of nitrogens with zero attached hydrogens (tertiary/aromatic N) is 2. The van der Waals surface area contributed by atoms with Gasteiger partial charge < -0.3 is 5.11 Å². The minimum Gasteiger partial charge on any atom is -0.366 e. The highest BCUT2D eigenvalue weighted by Gasteiger charge is 2.51. The van der Waals surface area contributed by atoms with Gasteiger partial charge in [0.15, 0.2) is 5.72 Å². The average Bonchev–Trinajstić information content (AvgIpc) is 3.01. The molecule has 0 aromatic heterocycles. The predicted molar refractivity (Wildman–Crippen MR) is 101 cm³/mol. The summed E-state index contributed by atoms with van der Waals surface area (Å²) in [6.07, 6.45) is 0.0184. The highest BCUT2D eigenvalue weighted by atomic mass is 32.2. The van der Waals surface area contributed by atoms with Crippen LogP contribution in [0.4, 0.5) is 4.39 Å². The lowest BCUT2D eigenvalue weighted by Crippen LogP contribution is -2.48. The number of hydrogen-bond acceptors (Lipinski definition) is 4. The molecule has 2 atom stereocenters. The number of aryl methyl sites for hydroxylation is 1. The zero-order valence-corrected chi connectivity index (χ0v) is 15.5. The van der Waals surface area contributed by atoms with Crippen molar-refractivity contribution in [1.82, 2.24) is 4.90 Å². The van der Waals surface area contributed by atoms with E-state index in [-0.39, 0.29) is 18.1 Å². The number of hydrogen-bond donors (Lipinski definition) is 1. The Morgan fingerprint density at radius 3 is 2.70 bits per heavy atom. The van der Waals surface area contributed by atoms with E-state index in [0.717, 1.165) is 5.56 Å². The normalized spacial score (nSPS) is 24.7. The highest BCUT2D eigenvalue weighted by Crippen LogP contribution is 2.51. The number of aliphatic hydroxyl groups is 1. The summed E-state index contributed by atoms with van der Waals surface area (Å²) in [7, 11) is 0. The van der Waals surface area contributed by atoms with Gasteiger partial charge in [0.05, 0.1) is 22.4 Å². The molecular formula is C21H17FN2O2S. The Bertz CT molecular complexity index is 996. The van der Waals surface area contributed by atoms with Crippen molar-refractivity contribution in [2.45, 2.75) is 25.0 Å². The van der Waals surface area contributed by atoms with Crippen LogP contribution in [0.15, 0.2) is 59.1 Å². The first kappa shape index (κ1) is 17.8. The molecule has 0 radical (unpaired) electrons. The van der Waals surface area contributed by atoms with Gasteiger partial charge in [-0.25, -0.2) is 4.39 Å². The maximum Gasteiger partial charge on any atom is 0.231 e. The molecule has 1 saturated heterocycles. The number of carbonyl (C=O) groups excluding carboxylic acids is 1. The van der Waals surface area contributed by atoms with Crippen LogP contribution in [0.3, 0.4) is 0 Å². The summed E-state index contributed by atoms with van der Waals surface area (Å²) in [5.41, 5.74) is 1.18. The summed E-state index contributed by atoms with van der Waals surface area (Å²) in [4.78, 5) is 14.3. The van der Waals surface area contributed by atoms with Crippen molar-refractivity contribution in [2.24, 2.45) is 0 Å². The van der Waals surface area contributed by atoms with Gasteiger partial charge in [-0.15, -0.1) is 11.8 Å². The van der Waals surface area contributed by atoms with Crippen molar-refractivity contribution in [1.29, 1.82) is 5.26 Å². The van der Waals surface area contributed by atoms with Crippen LogP contribution in [-0.2, 0) is 10.5 Å². The molecule has 2 aromatic rings. The lowest BCUT2D eigenvalue weighted by atomic mass is 9.85. The Kier molecular flexibility index (Phi) is 4.29. The third-order valence-corrected chi connectivity index (χ3v) is 6.30. The van der Waals surface area contributed by atoms with Gasteiger partial charge in [-0.3, -0.25) is 9.69 Å². The van der Waals surface area contributed by atoms with Crippen LogP contribution in [0.25, 0.3) is 0 Å². The van der Waals surface area contributed by atoms with Crippen LogP contribution < -0.4 is 0 Å². The number of benzene rings is 2. The molecule has 1 N–H and O–H groups in total. The zero-order valence-electron chi connectivity index (χ0n) is 14.6. The SMILES string of the molecule is Cc1ccc([C@@]2(O)CSC3=C(C#N)[C@H](c4cccc(F)c4)CC(=O)N32)cc1. The van der Waals surface area contributed by atoms with E-state index in [0.29, 0.717) is 21.7 Å². The summed E-state index contributed by atoms with van der Waals surface area (Å²) >= 11 is 1.29. The molecular weight excluding hydrogens is 363 g/mol. The van der Waals surface area contributed by atoms with Gasteiger partial charge in [0.25, 0.3) is 0 Å². The fourth-order valence-corrected chi connectivity index (χ4v) is 5.03. The number of halogens is 1. The minimum absolute atomic E-state index is 0.0184. The molecule has 2 heterocycles. The summed E-state index contributed by atoms with van der Waals surface area (Å²) in [6, 6.07) is 15.6. The predicted octanol–water partition coefficient (Wildman–Crippen LogP) is 3.78. The van der Waals surface area contributed by atoms with Crippen molar-refractivity contribution < 1.29 is 14.3 Å². The molecule has 2 aromatic carbocycles. The molecule has 0 bridgehead atoms. The molecule has 4 rings (SSSR count). The van der Waals surface area contributed by atoms with Crippen molar-refractivity contribution in [3.63, 3.8) is 0 Å². The summed E-state index contributed by atoms with van der Waals surface area (Å²) in [5.74, 6) is -0.929. The van der Waals surface area contributed by atoms with E-state index in [1.807, 2.05) is 19.1 Å². The highest BCUT2D eigenvalue weighted by molar-refractivity contribution is 8.03. The molecule has 0 unspecified atom stereocenters. The summed E-state index contributed by atoms with van der Waals surface area (Å²) in [6.45, 7) is 1.95. The Morgan fingerprint density at radius 1 is 1.30 bits per heavy atom. The summed E-state index contributed by atoms with van der Waals surface area (Å²) < 4.78 is 13.7. The Morgan fingerprint density at radius 2 is 2.04 bits per heavy atom. The monoisotopic (exact) mass is 380 g/mol. The second-order valence-corrected chi connectivity index (χ2v) is 7.81. The molecule has 2 aliphatic rings. The van der Waals surface area contributed by atoms with E-state index < -0.39 is 17.5 Å². The lowest BCUT2D eigenvalue weighted by molar-refractivity contribution is -0.149. The Balaban J connectivity index is 1.81. The standard InChI is InChI=1S/C21H17FN2O2S/c1-13-5-7-15(8-6-13)21(26)12-27-20-18(11-23)17(10-19(25)24(20)21)14-3-2-4-16(22)9-14/h2-9,17,26H,10,12H2,1H3/t17-,21-/m0/s1. The van der Waals surface area contributed by atoms with Gasteiger partial charge in [0.2, 0.25) is 5.91 Å². The third-order valence-electron chi connectivity index (χ3n) is 5.08. The van der Waals surface area contributed by atoms with E-state index in [1.165, 1.54) is 28.8 Å². The molecule has 1 fully saturated rings. The zero-order chi connectivity index (χ0) is 19.2. The van der Waals surface area contributed by atoms with Crippen LogP contribution >= 0.6 is 11.8 Å². The Hall–Kier alpha value is -2.62. The first-order chi connectivity index (χ1) is 12.9. The molecule has 0 spiro atoms. The van der Waals surface area contributed by atoms with Crippen LogP contribution in [0.2, 0.25) is 0 Å². The molecule has 1 amide bonds. The quantitative estimate of drug-likeness (QED) is 0.861. The third kappa shape index (κ3) is 2.84. The number of carbonyl (C=O) groups is 1. The van der Waals surface area contributed by atoms with Gasteiger partial charge in [0.1, 0.15) is 5.82 Å². The van der Waals surface area contributed by atoms with Gasteiger partial charge in [-0.2, -0.15) is 5.26 Å². The van der Waals surface area contributed by atoms with E-state index in [1.54, 1.807) is 24.3 Å². The topological polar surface area (TPSA) is 64.3 Å². The second kappa shape index (κ2) is 6.52. The number of nitriles is 1. The van der Waals surface area contributed by atoms with Gasteiger partial charge in [-0.05, 0) is 24.6 Å². The fourth-order valence-electron chi connectivity index (χ4n) is 3.67. The minimum atomic E-state index is -1.49. The van der Waals surface area contributed by atoms with E-state index in [4.69, 9.17) is 0 Å². The number of rotatable bonds is 2. The van der Waals surface area contributed by atoms with E-state index >= 15 is 0 Å². The van der Waals surface area contributed by atoms with Crippen LogP contribution in [-0.4, -0.2) is 21.7 Å². The largest absolute Gasteiger partial charge is 0.366 e. The maximum atomic E-state index is 13.7. The van der Waals surface area contributed by atoms with Crippen molar-refractivity contribution in [2.75, 3.05) is 5.75 Å². The molecule has 0 aliphatic carbocycles. The van der Waals surface area contributed by atoms with Crippen LogP contribution in [0.5, 0.6) is 0 Å². The van der Waals surface area contributed by atoms with Crippen molar-refractivity contribution in [3.05, 3.63) is 81.6 Å². The molecule has 27 heavy (non-hydrogen) atoms. The van der Waals surface area contributed by atoms with Gasteiger partial charge in [0, 0.05) is 17.9 Å². The molecule has 136 valence electrons. The molecule has 0 saturated carbocycles. The first-order valence-electron chi connectivity index (χ1n) is 8.59. The number of amides is 1. The molecule has 2 aliphatic heterocycles. The fraction of sp³-hybridized carbons (Fsp3) is 0.238. The number of thioether (sulfide) groups is 1. The first-order valence-corrected chi connectivity index (χ1v) is 9.57.